The molecule has 16 heavy (non-hydrogen) atoms. The summed E-state index contributed by atoms with van der Waals surface area (Å²) in [5.41, 5.74) is 5.41. The summed E-state index contributed by atoms with van der Waals surface area (Å²) in [4.78, 5) is 11.6. The van der Waals surface area contributed by atoms with Crippen molar-refractivity contribution >= 4 is 6.09 Å². The number of para-hydroxylation sites is 1. The molecule has 4 heteroatoms. The van der Waals surface area contributed by atoms with E-state index in [-0.39, 0.29) is 5.54 Å². The lowest BCUT2D eigenvalue weighted by atomic mass is 9.77. The van der Waals surface area contributed by atoms with E-state index < -0.39 is 6.09 Å². The highest BCUT2D eigenvalue weighted by Crippen LogP contribution is 2.30. The van der Waals surface area contributed by atoms with E-state index in [0.29, 0.717) is 12.3 Å². The standard InChI is InChI=1S/C12H16N2O2/c13-9-12(7-4-8-12)14-11(15)16-10-5-2-1-3-6-10/h1-3,5-6H,4,7-9,13H2,(H,14,15). The van der Waals surface area contributed by atoms with Crippen LogP contribution in [0.5, 0.6) is 5.75 Å². The molecule has 0 unspecified atom stereocenters. The summed E-state index contributed by atoms with van der Waals surface area (Å²) in [6.45, 7) is 0.469. The molecule has 1 fully saturated rings. The maximum absolute atomic E-state index is 11.6. The smallest absolute Gasteiger partial charge is 0.410 e. The fourth-order valence-electron chi connectivity index (χ4n) is 1.82. The van der Waals surface area contributed by atoms with Crippen molar-refractivity contribution in [2.75, 3.05) is 6.54 Å². The maximum atomic E-state index is 11.6. The molecule has 0 aliphatic heterocycles. The van der Waals surface area contributed by atoms with Gasteiger partial charge in [-0.15, -0.1) is 0 Å². The largest absolute Gasteiger partial charge is 0.413 e. The summed E-state index contributed by atoms with van der Waals surface area (Å²) in [7, 11) is 0. The molecule has 1 aromatic rings. The van der Waals surface area contributed by atoms with Gasteiger partial charge >= 0.3 is 6.09 Å². The van der Waals surface area contributed by atoms with Crippen molar-refractivity contribution in [3.8, 4) is 5.75 Å². The lowest BCUT2D eigenvalue weighted by Crippen LogP contribution is -2.58. The van der Waals surface area contributed by atoms with Gasteiger partial charge in [0.2, 0.25) is 0 Å². The average Bonchev–Trinajstić information content (AvgIpc) is 2.25. The van der Waals surface area contributed by atoms with Gasteiger partial charge in [-0.1, -0.05) is 18.2 Å². The Kier molecular flexibility index (Phi) is 3.10. The number of amides is 1. The van der Waals surface area contributed by atoms with Crippen LogP contribution in [-0.4, -0.2) is 18.2 Å². The van der Waals surface area contributed by atoms with Crippen molar-refractivity contribution in [1.29, 1.82) is 0 Å². The van der Waals surface area contributed by atoms with E-state index in [0.717, 1.165) is 19.3 Å². The van der Waals surface area contributed by atoms with Crippen molar-refractivity contribution in [1.82, 2.24) is 5.32 Å². The van der Waals surface area contributed by atoms with Gasteiger partial charge in [0.1, 0.15) is 5.75 Å². The molecule has 0 atom stereocenters. The number of hydrogen-bond acceptors (Lipinski definition) is 3. The summed E-state index contributed by atoms with van der Waals surface area (Å²) < 4.78 is 5.14. The van der Waals surface area contributed by atoms with Gasteiger partial charge in [-0.05, 0) is 31.4 Å². The quantitative estimate of drug-likeness (QED) is 0.814. The van der Waals surface area contributed by atoms with Crippen LogP contribution < -0.4 is 15.8 Å². The first kappa shape index (κ1) is 11.0. The van der Waals surface area contributed by atoms with Crippen molar-refractivity contribution in [3.63, 3.8) is 0 Å². The van der Waals surface area contributed by atoms with E-state index in [9.17, 15) is 4.79 Å². The second-order valence-corrected chi connectivity index (χ2v) is 4.17. The van der Waals surface area contributed by atoms with Crippen LogP contribution in [0.15, 0.2) is 30.3 Å². The Morgan fingerprint density at radius 3 is 2.56 bits per heavy atom. The summed E-state index contributed by atoms with van der Waals surface area (Å²) in [5, 5.41) is 2.84. The number of nitrogens with two attached hydrogens (primary N) is 1. The number of carbonyl (C=O) groups excluding carboxylic acids is 1. The minimum Gasteiger partial charge on any atom is -0.410 e. The minimum absolute atomic E-state index is 0.230. The topological polar surface area (TPSA) is 64.3 Å². The van der Waals surface area contributed by atoms with Crippen LogP contribution in [0.2, 0.25) is 0 Å². The van der Waals surface area contributed by atoms with Crippen LogP contribution in [-0.2, 0) is 0 Å². The number of hydrogen-bond donors (Lipinski definition) is 2. The molecule has 4 nitrogen and oxygen atoms in total. The minimum atomic E-state index is -0.420. The van der Waals surface area contributed by atoms with Crippen LogP contribution in [0.1, 0.15) is 19.3 Å². The first-order valence-corrected chi connectivity index (χ1v) is 5.49. The molecule has 0 bridgehead atoms. The molecule has 0 saturated heterocycles. The predicted octanol–water partition coefficient (Wildman–Crippen LogP) is 1.66. The van der Waals surface area contributed by atoms with E-state index in [4.69, 9.17) is 10.5 Å². The van der Waals surface area contributed by atoms with Gasteiger partial charge in [0.25, 0.3) is 0 Å². The molecule has 1 saturated carbocycles. The Balaban J connectivity index is 1.89. The van der Waals surface area contributed by atoms with Crippen molar-refractivity contribution in [2.45, 2.75) is 24.8 Å². The fourth-order valence-corrected chi connectivity index (χ4v) is 1.82. The molecule has 3 N–H and O–H groups in total. The molecule has 0 heterocycles. The summed E-state index contributed by atoms with van der Waals surface area (Å²) >= 11 is 0. The third kappa shape index (κ3) is 2.33. The first-order chi connectivity index (χ1) is 7.74. The predicted molar refractivity (Wildman–Crippen MR) is 61.2 cm³/mol. The highest BCUT2D eigenvalue weighted by molar-refractivity contribution is 5.71. The van der Waals surface area contributed by atoms with Gasteiger partial charge < -0.3 is 15.8 Å². The molecule has 1 aromatic carbocycles. The third-order valence-electron chi connectivity index (χ3n) is 3.02. The highest BCUT2D eigenvalue weighted by Gasteiger charge is 2.37. The van der Waals surface area contributed by atoms with Crippen LogP contribution in [0.4, 0.5) is 4.79 Å². The molecule has 1 aliphatic carbocycles. The molecule has 86 valence electrons. The molecular weight excluding hydrogens is 204 g/mol. The lowest BCUT2D eigenvalue weighted by molar-refractivity contribution is 0.153. The van der Waals surface area contributed by atoms with Crippen molar-refractivity contribution in [3.05, 3.63) is 30.3 Å². The Hall–Kier alpha value is -1.55. The molecular formula is C12H16N2O2. The van der Waals surface area contributed by atoms with E-state index >= 15 is 0 Å². The number of benzene rings is 1. The van der Waals surface area contributed by atoms with E-state index in [1.807, 2.05) is 18.2 Å². The molecule has 0 radical (unpaired) electrons. The maximum Gasteiger partial charge on any atom is 0.413 e. The van der Waals surface area contributed by atoms with Gasteiger partial charge in [-0.2, -0.15) is 0 Å². The second kappa shape index (κ2) is 4.53. The van der Waals surface area contributed by atoms with Gasteiger partial charge in [-0.3, -0.25) is 0 Å². The highest BCUT2D eigenvalue weighted by atomic mass is 16.6. The number of carbonyl (C=O) groups is 1. The Morgan fingerprint density at radius 2 is 2.06 bits per heavy atom. The second-order valence-electron chi connectivity index (χ2n) is 4.17. The first-order valence-electron chi connectivity index (χ1n) is 5.49. The summed E-state index contributed by atoms with van der Waals surface area (Å²) in [6.07, 6.45) is 2.57. The van der Waals surface area contributed by atoms with Crippen LogP contribution in [0.3, 0.4) is 0 Å². The van der Waals surface area contributed by atoms with E-state index in [1.54, 1.807) is 12.1 Å². The van der Waals surface area contributed by atoms with E-state index in [2.05, 4.69) is 5.32 Å². The fraction of sp³-hybridized carbons (Fsp3) is 0.417. The van der Waals surface area contributed by atoms with Gasteiger partial charge in [0.15, 0.2) is 0 Å². The molecule has 1 aliphatic rings. The molecule has 2 rings (SSSR count). The molecule has 0 spiro atoms. The van der Waals surface area contributed by atoms with Crippen LogP contribution in [0, 0.1) is 0 Å². The Morgan fingerprint density at radius 1 is 1.38 bits per heavy atom. The molecule has 0 aromatic heterocycles. The van der Waals surface area contributed by atoms with E-state index in [1.165, 1.54) is 0 Å². The van der Waals surface area contributed by atoms with Crippen molar-refractivity contribution in [2.24, 2.45) is 5.73 Å². The zero-order valence-corrected chi connectivity index (χ0v) is 9.11. The summed E-state index contributed by atoms with van der Waals surface area (Å²) in [6, 6.07) is 9.01. The van der Waals surface area contributed by atoms with Gasteiger partial charge in [0.05, 0.1) is 5.54 Å². The monoisotopic (exact) mass is 220 g/mol. The van der Waals surface area contributed by atoms with Gasteiger partial charge in [-0.25, -0.2) is 4.79 Å². The Bertz CT molecular complexity index is 355. The zero-order chi connectivity index (χ0) is 11.4. The number of ether oxygens (including phenoxy) is 1. The average molecular weight is 220 g/mol. The van der Waals surface area contributed by atoms with Crippen LogP contribution >= 0.6 is 0 Å². The SMILES string of the molecule is NCC1(NC(=O)Oc2ccccc2)CCC1. The third-order valence-corrected chi connectivity index (χ3v) is 3.02. The van der Waals surface area contributed by atoms with Gasteiger partial charge in [0, 0.05) is 6.54 Å². The lowest BCUT2D eigenvalue weighted by Gasteiger charge is -2.40. The normalized spacial score (nSPS) is 17.3. The molecule has 1 amide bonds. The number of rotatable bonds is 3. The Labute approximate surface area is 94.8 Å². The number of nitrogens with one attached hydrogen (secondary N) is 1. The van der Waals surface area contributed by atoms with Crippen LogP contribution in [0.25, 0.3) is 0 Å². The zero-order valence-electron chi connectivity index (χ0n) is 9.11. The summed E-state index contributed by atoms with van der Waals surface area (Å²) in [5.74, 6) is 0.548. The van der Waals surface area contributed by atoms with Crippen molar-refractivity contribution < 1.29 is 9.53 Å².